The quantitative estimate of drug-likeness (QED) is 0.0985. The minimum Gasteiger partial charge on any atom is -0.494 e. The number of hydrogen-bond donors (Lipinski definition) is 3. The second-order valence-corrected chi connectivity index (χ2v) is 10.7. The van der Waals surface area contributed by atoms with Gasteiger partial charge in [0, 0.05) is 18.9 Å². The van der Waals surface area contributed by atoms with Crippen molar-refractivity contribution in [1.29, 1.82) is 0 Å². The molecule has 16 heteroatoms. The Morgan fingerprint density at radius 3 is 2.02 bits per heavy atom. The molecule has 0 aliphatic heterocycles. The summed E-state index contributed by atoms with van der Waals surface area (Å²) in [6.07, 6.45) is -12.0. The van der Waals surface area contributed by atoms with Crippen molar-refractivity contribution < 1.29 is 63.7 Å². The van der Waals surface area contributed by atoms with Gasteiger partial charge in [-0.05, 0) is 65.9 Å². The summed E-state index contributed by atoms with van der Waals surface area (Å²) in [6, 6.07) is 10.5. The Bertz CT molecular complexity index is 1500. The molecule has 3 aromatic carbocycles. The van der Waals surface area contributed by atoms with Gasteiger partial charge in [-0.25, -0.2) is 13.6 Å². The fraction of sp³-hybridized carbons (Fsp3) is 0.375. The number of carbonyl (C=O) groups is 2. The Morgan fingerprint density at radius 2 is 1.42 bits per heavy atom. The molecular weight excluding hydrogens is 663 g/mol. The summed E-state index contributed by atoms with van der Waals surface area (Å²) in [5.74, 6) is -3.64. The third-order valence-electron chi connectivity index (χ3n) is 6.93. The molecule has 0 saturated heterocycles. The summed E-state index contributed by atoms with van der Waals surface area (Å²) >= 11 is 0. The monoisotopic (exact) mass is 694 g/mol. The lowest BCUT2D eigenvalue weighted by Gasteiger charge is -2.37. The van der Waals surface area contributed by atoms with Crippen LogP contribution in [0.1, 0.15) is 48.8 Å². The van der Waals surface area contributed by atoms with Crippen LogP contribution in [0.25, 0.3) is 0 Å². The number of aliphatic carboxylic acids is 1. The Kier molecular flexibility index (Phi) is 13.0. The summed E-state index contributed by atoms with van der Waals surface area (Å²) < 4.78 is 131. The van der Waals surface area contributed by atoms with Crippen molar-refractivity contribution in [2.75, 3.05) is 13.2 Å². The maximum Gasteiger partial charge on any atom is 0.461 e. The van der Waals surface area contributed by atoms with E-state index in [0.717, 1.165) is 36.8 Å². The number of benzene rings is 3. The molecule has 3 aromatic rings. The largest absolute Gasteiger partial charge is 0.494 e. The summed E-state index contributed by atoms with van der Waals surface area (Å²) in [4.78, 5) is 23.5. The molecule has 262 valence electrons. The molecule has 48 heavy (non-hydrogen) atoms. The molecule has 0 aliphatic rings. The number of halogens is 9. The second-order valence-electron chi connectivity index (χ2n) is 10.7. The summed E-state index contributed by atoms with van der Waals surface area (Å²) in [7, 11) is 0. The van der Waals surface area contributed by atoms with Crippen LogP contribution in [0.5, 0.6) is 11.5 Å². The number of urea groups is 1. The number of carboxylic acids is 1. The number of amides is 2. The predicted molar refractivity (Wildman–Crippen MR) is 154 cm³/mol. The van der Waals surface area contributed by atoms with Gasteiger partial charge in [0.25, 0.3) is 0 Å². The minimum absolute atomic E-state index is 0.0496. The van der Waals surface area contributed by atoms with Gasteiger partial charge in [-0.3, -0.25) is 4.79 Å². The normalized spacial score (nSPS) is 13.1. The highest BCUT2D eigenvalue weighted by Gasteiger charge is 2.45. The van der Waals surface area contributed by atoms with E-state index in [1.807, 2.05) is 0 Å². The van der Waals surface area contributed by atoms with Crippen LogP contribution in [0.15, 0.2) is 66.7 Å². The lowest BCUT2D eigenvalue weighted by atomic mass is 9.77. The first-order chi connectivity index (χ1) is 22.5. The highest BCUT2D eigenvalue weighted by atomic mass is 19.4. The molecule has 1 unspecified atom stereocenters. The first kappa shape index (κ1) is 37.8. The standard InChI is InChI=1S/C32H31F9N2O5/c33-23-10-8-21(9-11-23)30(43-29(46)42-19-31(37,38)39,22-15-24(34)17-26(16-22)48-32(40,41)28(35)36)18-20-6-12-25(13-7-20)47-14-4-2-1-3-5-27(44)45/h6-13,15-17,28H,1-5,14,18-19H2,(H,44,45)(H2,42,43,46). The van der Waals surface area contributed by atoms with Crippen LogP contribution in [-0.4, -0.2) is 49.0 Å². The van der Waals surface area contributed by atoms with Crippen molar-refractivity contribution in [2.24, 2.45) is 0 Å². The van der Waals surface area contributed by atoms with Crippen molar-refractivity contribution in [1.82, 2.24) is 10.6 Å². The number of ether oxygens (including phenoxy) is 2. The average Bonchev–Trinajstić information content (AvgIpc) is 2.99. The number of carbonyl (C=O) groups excluding carboxylic acids is 1. The maximum absolute atomic E-state index is 14.9. The zero-order valence-corrected chi connectivity index (χ0v) is 25.1. The number of hydrogen-bond acceptors (Lipinski definition) is 4. The van der Waals surface area contributed by atoms with Crippen LogP contribution >= 0.6 is 0 Å². The zero-order valence-electron chi connectivity index (χ0n) is 25.1. The van der Waals surface area contributed by atoms with Crippen molar-refractivity contribution in [3.05, 3.63) is 95.1 Å². The van der Waals surface area contributed by atoms with Crippen LogP contribution in [0, 0.1) is 11.6 Å². The molecule has 7 nitrogen and oxygen atoms in total. The van der Waals surface area contributed by atoms with Gasteiger partial charge in [-0.15, -0.1) is 0 Å². The molecule has 0 spiro atoms. The number of unbranched alkanes of at least 4 members (excludes halogenated alkanes) is 3. The molecule has 0 radical (unpaired) electrons. The Labute approximate surface area is 269 Å². The molecule has 2 amide bonds. The third kappa shape index (κ3) is 11.6. The first-order valence-electron chi connectivity index (χ1n) is 14.5. The molecule has 0 aromatic heterocycles. The van der Waals surface area contributed by atoms with E-state index in [1.165, 1.54) is 24.3 Å². The van der Waals surface area contributed by atoms with E-state index in [0.29, 0.717) is 49.3 Å². The van der Waals surface area contributed by atoms with Gasteiger partial charge in [-0.2, -0.15) is 30.7 Å². The molecular formula is C32H31F9N2O5. The van der Waals surface area contributed by atoms with E-state index in [2.05, 4.69) is 10.1 Å². The van der Waals surface area contributed by atoms with Crippen LogP contribution < -0.4 is 20.1 Å². The van der Waals surface area contributed by atoms with E-state index in [9.17, 15) is 49.1 Å². The molecule has 0 bridgehead atoms. The van der Waals surface area contributed by atoms with Crippen LogP contribution in [0.4, 0.5) is 44.3 Å². The lowest BCUT2D eigenvalue weighted by molar-refractivity contribution is -0.253. The zero-order chi connectivity index (χ0) is 35.5. The molecule has 3 rings (SSSR count). The Hall–Kier alpha value is -4.63. The number of alkyl halides is 7. The topological polar surface area (TPSA) is 96.9 Å². The van der Waals surface area contributed by atoms with Gasteiger partial charge in [0.2, 0.25) is 0 Å². The van der Waals surface area contributed by atoms with Crippen LogP contribution in [0.3, 0.4) is 0 Å². The van der Waals surface area contributed by atoms with Gasteiger partial charge < -0.3 is 25.2 Å². The molecule has 0 heterocycles. The van der Waals surface area contributed by atoms with Gasteiger partial charge in [0.1, 0.15) is 29.7 Å². The molecule has 3 N–H and O–H groups in total. The highest BCUT2D eigenvalue weighted by molar-refractivity contribution is 5.76. The average molecular weight is 695 g/mol. The second kappa shape index (κ2) is 16.5. The van der Waals surface area contributed by atoms with Gasteiger partial charge >= 0.3 is 30.7 Å². The van der Waals surface area contributed by atoms with Crippen LogP contribution in [-0.2, 0) is 16.8 Å². The maximum atomic E-state index is 14.9. The lowest BCUT2D eigenvalue weighted by Crippen LogP contribution is -2.53. The third-order valence-corrected chi connectivity index (χ3v) is 6.93. The number of carboxylic acid groups (broad SMARTS) is 1. The highest BCUT2D eigenvalue weighted by Crippen LogP contribution is 2.38. The molecule has 1 atom stereocenters. The van der Waals surface area contributed by atoms with E-state index in [-0.39, 0.29) is 12.0 Å². The van der Waals surface area contributed by atoms with Gasteiger partial charge in [0.05, 0.1) is 12.1 Å². The number of rotatable bonds is 17. The Morgan fingerprint density at radius 1 is 0.771 bits per heavy atom. The minimum atomic E-state index is -5.06. The van der Waals surface area contributed by atoms with Crippen molar-refractivity contribution in [3.63, 3.8) is 0 Å². The summed E-state index contributed by atoms with van der Waals surface area (Å²) in [6.45, 7) is -1.50. The summed E-state index contributed by atoms with van der Waals surface area (Å²) in [5.41, 5.74) is -2.26. The fourth-order valence-corrected chi connectivity index (χ4v) is 4.71. The van der Waals surface area contributed by atoms with Crippen LogP contribution in [0.2, 0.25) is 0 Å². The molecule has 0 aliphatic carbocycles. The molecule has 0 fully saturated rings. The van der Waals surface area contributed by atoms with E-state index in [4.69, 9.17) is 9.84 Å². The summed E-state index contributed by atoms with van der Waals surface area (Å²) in [5, 5.41) is 12.6. The first-order valence-corrected chi connectivity index (χ1v) is 14.5. The SMILES string of the molecule is O=C(O)CCCCCCOc1ccc(CC(NC(=O)NCC(F)(F)F)(c2ccc(F)cc2)c2cc(F)cc(OC(F)(F)C(F)F)c2)cc1. The van der Waals surface area contributed by atoms with Crippen molar-refractivity contribution in [2.45, 2.75) is 62.8 Å². The van der Waals surface area contributed by atoms with E-state index >= 15 is 0 Å². The fourth-order valence-electron chi connectivity index (χ4n) is 4.71. The molecule has 0 saturated carbocycles. The predicted octanol–water partition coefficient (Wildman–Crippen LogP) is 7.96. The van der Waals surface area contributed by atoms with E-state index in [1.54, 1.807) is 5.32 Å². The Balaban J connectivity index is 2.01. The number of nitrogens with one attached hydrogen (secondary N) is 2. The van der Waals surface area contributed by atoms with E-state index < -0.39 is 72.2 Å². The van der Waals surface area contributed by atoms with Gasteiger partial charge in [0.15, 0.2) is 0 Å². The smallest absolute Gasteiger partial charge is 0.461 e. The van der Waals surface area contributed by atoms with Gasteiger partial charge in [-0.1, -0.05) is 37.1 Å². The van der Waals surface area contributed by atoms with Crippen molar-refractivity contribution >= 4 is 12.0 Å². The van der Waals surface area contributed by atoms with Crippen molar-refractivity contribution in [3.8, 4) is 11.5 Å².